The predicted octanol–water partition coefficient (Wildman–Crippen LogP) is 10.3. The molecule has 6 aromatic carbocycles. The van der Waals surface area contributed by atoms with E-state index < -0.39 is 25.1 Å². The van der Waals surface area contributed by atoms with Crippen LogP contribution in [0.4, 0.5) is 15.3 Å². The highest BCUT2D eigenvalue weighted by Gasteiger charge is 2.44. The lowest BCUT2D eigenvalue weighted by Gasteiger charge is -2.27. The number of benzene rings is 6. The van der Waals surface area contributed by atoms with Gasteiger partial charge in [-0.3, -0.25) is 9.69 Å². The number of amides is 3. The summed E-state index contributed by atoms with van der Waals surface area (Å²) in [6.07, 6.45) is -0.0731. The number of fused-ring (bicyclic) bond motifs is 2. The zero-order valence-electron chi connectivity index (χ0n) is 35.2. The van der Waals surface area contributed by atoms with Gasteiger partial charge in [0.15, 0.2) is 0 Å². The second-order valence-electron chi connectivity index (χ2n) is 15.5. The minimum absolute atomic E-state index is 0.107. The highest BCUT2D eigenvalue weighted by atomic mass is 33.1. The van der Waals surface area contributed by atoms with Gasteiger partial charge in [-0.05, 0) is 104 Å². The first-order valence-electron chi connectivity index (χ1n) is 20.4. The van der Waals surface area contributed by atoms with E-state index in [0.717, 1.165) is 43.4 Å². The van der Waals surface area contributed by atoms with Crippen molar-refractivity contribution in [2.45, 2.75) is 26.4 Å². The summed E-state index contributed by atoms with van der Waals surface area (Å²) < 4.78 is 11.7. The molecular formula is C49H50N4O5PS3+. The van der Waals surface area contributed by atoms with Crippen LogP contribution < -0.4 is 31.4 Å². The normalized spacial score (nSPS) is 11.6. The van der Waals surface area contributed by atoms with E-state index in [9.17, 15) is 14.4 Å². The number of alkyl carbamates (subject to hydrolysis) is 1. The van der Waals surface area contributed by atoms with Crippen molar-refractivity contribution in [2.75, 3.05) is 49.3 Å². The summed E-state index contributed by atoms with van der Waals surface area (Å²) in [7, 11) is 2.80. The maximum absolute atomic E-state index is 13.7. The second kappa shape index (κ2) is 20.7. The molecule has 0 spiro atoms. The first kappa shape index (κ1) is 44.7. The molecule has 0 radical (unpaired) electrons. The number of aromatic nitrogens is 1. The smallest absolute Gasteiger partial charge is 0.414 e. The van der Waals surface area contributed by atoms with Gasteiger partial charge in [-0.15, -0.1) is 11.3 Å². The molecule has 0 unspecified atom stereocenters. The lowest BCUT2D eigenvalue weighted by atomic mass is 10.1. The fourth-order valence-corrected chi connectivity index (χ4v) is 14.0. The molecule has 9 nitrogen and oxygen atoms in total. The van der Waals surface area contributed by atoms with Crippen LogP contribution in [0.3, 0.4) is 0 Å². The maximum atomic E-state index is 13.7. The van der Waals surface area contributed by atoms with Crippen molar-refractivity contribution in [3.63, 3.8) is 0 Å². The largest absolute Gasteiger partial charge is 0.448 e. The molecule has 7 aromatic rings. The van der Waals surface area contributed by atoms with E-state index >= 15 is 0 Å². The van der Waals surface area contributed by atoms with Crippen LogP contribution >= 0.6 is 40.2 Å². The van der Waals surface area contributed by atoms with E-state index in [1.165, 1.54) is 20.8 Å². The molecule has 1 heterocycles. The Morgan fingerprint density at radius 3 is 1.97 bits per heavy atom. The van der Waals surface area contributed by atoms with E-state index in [-0.39, 0.29) is 12.5 Å². The van der Waals surface area contributed by atoms with Crippen LogP contribution in [0.25, 0.3) is 31.6 Å². The average molecular weight is 902 g/mol. The first-order valence-corrected chi connectivity index (χ1v) is 25.7. The molecule has 0 aliphatic heterocycles. The Bertz CT molecular complexity index is 2530. The van der Waals surface area contributed by atoms with Gasteiger partial charge >= 0.3 is 12.2 Å². The van der Waals surface area contributed by atoms with Crippen molar-refractivity contribution in [1.82, 2.24) is 15.6 Å². The number of hydrogen-bond acceptors (Lipinski definition) is 9. The molecule has 318 valence electrons. The molecule has 2 N–H and O–H groups in total. The molecule has 0 bridgehead atoms. The number of carbonyl (C=O) groups is 3. The fourth-order valence-electron chi connectivity index (χ4n) is 7.08. The number of thiazole rings is 1. The van der Waals surface area contributed by atoms with Crippen molar-refractivity contribution in [3.05, 3.63) is 151 Å². The molecule has 0 aliphatic carbocycles. The zero-order valence-corrected chi connectivity index (χ0v) is 38.6. The highest BCUT2D eigenvalue weighted by molar-refractivity contribution is 8.76. The van der Waals surface area contributed by atoms with Crippen molar-refractivity contribution in [1.29, 1.82) is 0 Å². The molecule has 0 atom stereocenters. The third-order valence-electron chi connectivity index (χ3n) is 10.0. The summed E-state index contributed by atoms with van der Waals surface area (Å²) in [6.45, 7) is 6.76. The Kier molecular flexibility index (Phi) is 14.9. The fraction of sp³-hybridized carbons (Fsp3) is 0.224. The van der Waals surface area contributed by atoms with Gasteiger partial charge in [-0.1, -0.05) is 94.4 Å². The molecule has 0 saturated heterocycles. The molecule has 0 saturated carbocycles. The first-order chi connectivity index (χ1) is 30.0. The number of ether oxygens (including phenoxy) is 2. The van der Waals surface area contributed by atoms with Gasteiger partial charge in [-0.2, -0.15) is 0 Å². The Labute approximate surface area is 375 Å². The second-order valence-corrected chi connectivity index (χ2v) is 22.8. The molecule has 0 fully saturated rings. The van der Waals surface area contributed by atoms with Gasteiger partial charge in [0.2, 0.25) is 0 Å². The molecule has 62 heavy (non-hydrogen) atoms. The van der Waals surface area contributed by atoms with Crippen LogP contribution in [0.2, 0.25) is 0 Å². The Morgan fingerprint density at radius 2 is 1.32 bits per heavy atom. The van der Waals surface area contributed by atoms with Crippen LogP contribution in [0.1, 0.15) is 31.1 Å². The Hall–Kier alpha value is -5.39. The topological polar surface area (TPSA) is 110 Å². The molecule has 3 amide bonds. The summed E-state index contributed by atoms with van der Waals surface area (Å²) in [5, 5.41) is 12.7. The van der Waals surface area contributed by atoms with E-state index in [0.29, 0.717) is 30.2 Å². The molecule has 0 aliphatic rings. The van der Waals surface area contributed by atoms with E-state index in [1.54, 1.807) is 40.0 Å². The summed E-state index contributed by atoms with van der Waals surface area (Å²) in [6, 6.07) is 49.9. The molecule has 13 heteroatoms. The van der Waals surface area contributed by atoms with Gasteiger partial charge < -0.3 is 20.1 Å². The summed E-state index contributed by atoms with van der Waals surface area (Å²) in [5.41, 5.74) is 2.62. The number of carbonyl (C=O) groups excluding carboxylic acids is 3. The van der Waals surface area contributed by atoms with Crippen LogP contribution in [-0.4, -0.2) is 73.1 Å². The van der Waals surface area contributed by atoms with Gasteiger partial charge in [0.1, 0.15) is 40.4 Å². The lowest BCUT2D eigenvalue weighted by molar-refractivity contribution is 0.0531. The SMILES string of the molecule is CN(C(=O)OCCSSCCNC(=O)OC(C)(C)C)c1ccc2cc(-c3nc4ccc(C(=O)NCC[P+](c5ccccc5)(c5ccccc5)c5ccccc5)cc4s3)ccc2c1. The zero-order chi connectivity index (χ0) is 43.5. The van der Waals surface area contributed by atoms with Gasteiger partial charge in [0.25, 0.3) is 5.91 Å². The van der Waals surface area contributed by atoms with Crippen LogP contribution in [-0.2, 0) is 9.47 Å². The van der Waals surface area contributed by atoms with E-state index in [2.05, 4.69) is 108 Å². The number of nitrogens with one attached hydrogen (secondary N) is 2. The van der Waals surface area contributed by atoms with Gasteiger partial charge in [0.05, 0.1) is 22.9 Å². The summed E-state index contributed by atoms with van der Waals surface area (Å²) in [4.78, 5) is 44.7. The minimum atomic E-state index is -2.07. The number of rotatable bonds is 16. The van der Waals surface area contributed by atoms with Crippen LogP contribution in [0.15, 0.2) is 146 Å². The third kappa shape index (κ3) is 11.2. The molecule has 7 rings (SSSR count). The number of nitrogens with zero attached hydrogens (tertiary/aromatic N) is 2. The Morgan fingerprint density at radius 1 is 0.710 bits per heavy atom. The van der Waals surface area contributed by atoms with Crippen LogP contribution in [0.5, 0.6) is 0 Å². The van der Waals surface area contributed by atoms with E-state index in [1.807, 2.05) is 69.3 Å². The quantitative estimate of drug-likeness (QED) is 0.0561. The maximum Gasteiger partial charge on any atom is 0.414 e. The van der Waals surface area contributed by atoms with E-state index in [4.69, 9.17) is 14.5 Å². The number of hydrogen-bond donors (Lipinski definition) is 2. The van der Waals surface area contributed by atoms with Crippen LogP contribution in [0, 0.1) is 0 Å². The van der Waals surface area contributed by atoms with Crippen molar-refractivity contribution in [2.24, 2.45) is 0 Å². The summed E-state index contributed by atoms with van der Waals surface area (Å²) >= 11 is 1.56. The third-order valence-corrected chi connectivity index (χ3v) is 17.9. The van der Waals surface area contributed by atoms with Crippen molar-refractivity contribution >= 4 is 101 Å². The minimum Gasteiger partial charge on any atom is -0.448 e. The molecule has 1 aromatic heterocycles. The average Bonchev–Trinajstić information content (AvgIpc) is 3.72. The van der Waals surface area contributed by atoms with Gasteiger partial charge in [0, 0.05) is 41.9 Å². The summed E-state index contributed by atoms with van der Waals surface area (Å²) in [5.74, 6) is 1.22. The Balaban J connectivity index is 0.949. The lowest BCUT2D eigenvalue weighted by Crippen LogP contribution is -2.37. The standard InChI is InChI=1S/C49H49N4O5PS3/c1-49(2,3)58-47(55)51-27-30-60-61-31-28-57-48(56)53(4)39-24-22-35-32-38(21-20-36(35)33-39)46-52-43-25-23-37(34-44(43)62-46)45(54)50-26-29-59(40-14-8-5-9-15-40,41-16-10-6-11-17-41)42-18-12-7-13-19-42/h5-25,32-34H,26-31H2,1-4H3,(H-,50,51,54,55)/p+1. The monoisotopic (exact) mass is 901 g/mol. The predicted molar refractivity (Wildman–Crippen MR) is 264 cm³/mol. The number of anilines is 1. The highest BCUT2D eigenvalue weighted by Crippen LogP contribution is 2.54. The van der Waals surface area contributed by atoms with Crippen molar-refractivity contribution < 1.29 is 23.9 Å². The van der Waals surface area contributed by atoms with Gasteiger partial charge in [-0.25, -0.2) is 14.6 Å². The molecular weight excluding hydrogens is 852 g/mol. The van der Waals surface area contributed by atoms with Crippen molar-refractivity contribution in [3.8, 4) is 10.6 Å².